The van der Waals surface area contributed by atoms with Gasteiger partial charge in [0.25, 0.3) is 0 Å². The maximum Gasteiger partial charge on any atom is 0.249 e. The van der Waals surface area contributed by atoms with Gasteiger partial charge in [0.2, 0.25) is 5.91 Å². The van der Waals surface area contributed by atoms with Crippen molar-refractivity contribution in [3.63, 3.8) is 0 Å². The second kappa shape index (κ2) is 5.93. The summed E-state index contributed by atoms with van der Waals surface area (Å²) < 4.78 is 7.78. The SMILES string of the molecule is NC[C@H]1CC[C@@H](C(=O)NCc2cn3c(n2)CCCC3)O1. The molecule has 0 saturated carbocycles. The maximum atomic E-state index is 12.0. The smallest absolute Gasteiger partial charge is 0.249 e. The Morgan fingerprint density at radius 3 is 3.15 bits per heavy atom. The van der Waals surface area contributed by atoms with Crippen molar-refractivity contribution in [2.24, 2.45) is 5.73 Å². The molecule has 1 fully saturated rings. The molecular formula is C14H22N4O2. The van der Waals surface area contributed by atoms with Crippen LogP contribution < -0.4 is 11.1 Å². The number of aryl methyl sites for hydroxylation is 2. The Labute approximate surface area is 118 Å². The van der Waals surface area contributed by atoms with Crippen molar-refractivity contribution in [3.8, 4) is 0 Å². The summed E-state index contributed by atoms with van der Waals surface area (Å²) in [6.07, 6.45) is 6.82. The average Bonchev–Trinajstić information content (AvgIpc) is 3.10. The van der Waals surface area contributed by atoms with Gasteiger partial charge in [0.1, 0.15) is 11.9 Å². The van der Waals surface area contributed by atoms with Crippen molar-refractivity contribution in [1.82, 2.24) is 14.9 Å². The van der Waals surface area contributed by atoms with Crippen molar-refractivity contribution < 1.29 is 9.53 Å². The summed E-state index contributed by atoms with van der Waals surface area (Å²) in [6, 6.07) is 0. The predicted molar refractivity (Wildman–Crippen MR) is 74.0 cm³/mol. The van der Waals surface area contributed by atoms with Crippen LogP contribution in [0.3, 0.4) is 0 Å². The summed E-state index contributed by atoms with van der Waals surface area (Å²) in [4.78, 5) is 16.6. The van der Waals surface area contributed by atoms with Gasteiger partial charge in [-0.15, -0.1) is 0 Å². The van der Waals surface area contributed by atoms with Crippen LogP contribution in [0.5, 0.6) is 0 Å². The summed E-state index contributed by atoms with van der Waals surface area (Å²) in [5.41, 5.74) is 6.48. The summed E-state index contributed by atoms with van der Waals surface area (Å²) in [5.74, 6) is 1.09. The minimum Gasteiger partial charge on any atom is -0.364 e. The number of carbonyl (C=O) groups excluding carboxylic acids is 1. The largest absolute Gasteiger partial charge is 0.364 e. The fourth-order valence-electron chi connectivity index (χ4n) is 2.92. The van der Waals surface area contributed by atoms with E-state index in [4.69, 9.17) is 10.5 Å². The van der Waals surface area contributed by atoms with Crippen LogP contribution in [-0.2, 0) is 29.0 Å². The minimum atomic E-state index is -0.346. The molecule has 1 saturated heterocycles. The molecule has 0 aromatic carbocycles. The van der Waals surface area contributed by atoms with E-state index in [1.807, 2.05) is 6.20 Å². The molecule has 6 heteroatoms. The lowest BCUT2D eigenvalue weighted by Gasteiger charge is -2.12. The molecule has 2 aliphatic heterocycles. The number of aromatic nitrogens is 2. The van der Waals surface area contributed by atoms with Gasteiger partial charge in [-0.25, -0.2) is 4.98 Å². The van der Waals surface area contributed by atoms with Crippen LogP contribution in [0.25, 0.3) is 0 Å². The molecule has 2 aliphatic rings. The van der Waals surface area contributed by atoms with Crippen molar-refractivity contribution in [2.75, 3.05) is 6.54 Å². The molecule has 3 rings (SSSR count). The van der Waals surface area contributed by atoms with Gasteiger partial charge < -0.3 is 20.4 Å². The van der Waals surface area contributed by atoms with E-state index in [0.29, 0.717) is 13.1 Å². The van der Waals surface area contributed by atoms with Crippen LogP contribution >= 0.6 is 0 Å². The van der Waals surface area contributed by atoms with Crippen LogP contribution in [-0.4, -0.2) is 34.2 Å². The van der Waals surface area contributed by atoms with E-state index in [1.54, 1.807) is 0 Å². The molecule has 1 aromatic heterocycles. The van der Waals surface area contributed by atoms with Crippen LogP contribution in [0.1, 0.15) is 37.2 Å². The number of nitrogens with zero attached hydrogens (tertiary/aromatic N) is 2. The fraction of sp³-hybridized carbons (Fsp3) is 0.714. The highest BCUT2D eigenvalue weighted by atomic mass is 16.5. The van der Waals surface area contributed by atoms with Crippen LogP contribution in [0.2, 0.25) is 0 Å². The number of rotatable bonds is 4. The Bertz CT molecular complexity index is 462. The molecule has 1 amide bonds. The van der Waals surface area contributed by atoms with Crippen molar-refractivity contribution >= 4 is 5.91 Å². The topological polar surface area (TPSA) is 82.2 Å². The van der Waals surface area contributed by atoms with E-state index in [1.165, 1.54) is 12.8 Å². The zero-order valence-electron chi connectivity index (χ0n) is 11.7. The molecule has 3 heterocycles. The van der Waals surface area contributed by atoms with E-state index < -0.39 is 0 Å². The number of ether oxygens (including phenoxy) is 1. The van der Waals surface area contributed by atoms with Gasteiger partial charge in [0.15, 0.2) is 0 Å². The number of amides is 1. The quantitative estimate of drug-likeness (QED) is 0.832. The van der Waals surface area contributed by atoms with E-state index in [2.05, 4.69) is 14.9 Å². The number of hydrogen-bond acceptors (Lipinski definition) is 4. The third kappa shape index (κ3) is 2.86. The zero-order chi connectivity index (χ0) is 13.9. The number of nitrogens with one attached hydrogen (secondary N) is 1. The van der Waals surface area contributed by atoms with E-state index in [0.717, 1.165) is 37.3 Å². The summed E-state index contributed by atoms with van der Waals surface area (Å²) >= 11 is 0. The molecule has 6 nitrogen and oxygen atoms in total. The predicted octanol–water partition coefficient (Wildman–Crippen LogP) is 0.342. The van der Waals surface area contributed by atoms with E-state index >= 15 is 0 Å². The zero-order valence-corrected chi connectivity index (χ0v) is 11.7. The van der Waals surface area contributed by atoms with E-state index in [9.17, 15) is 4.79 Å². The summed E-state index contributed by atoms with van der Waals surface area (Å²) in [7, 11) is 0. The lowest BCUT2D eigenvalue weighted by molar-refractivity contribution is -0.132. The Hall–Kier alpha value is -1.40. The average molecular weight is 278 g/mol. The molecule has 0 radical (unpaired) electrons. The van der Waals surface area contributed by atoms with Crippen LogP contribution in [0.4, 0.5) is 0 Å². The number of hydrogen-bond donors (Lipinski definition) is 2. The number of carbonyl (C=O) groups is 1. The van der Waals surface area contributed by atoms with E-state index in [-0.39, 0.29) is 18.1 Å². The monoisotopic (exact) mass is 278 g/mol. The standard InChI is InChI=1S/C14H22N4O2/c15-7-11-4-5-12(20-11)14(19)16-8-10-9-18-6-2-1-3-13(18)17-10/h9,11-12H,1-8,15H2,(H,16,19)/t11-,12+/m1/s1. The van der Waals surface area contributed by atoms with Gasteiger partial charge in [-0.3, -0.25) is 4.79 Å². The molecule has 0 spiro atoms. The molecule has 3 N–H and O–H groups in total. The Morgan fingerprint density at radius 1 is 1.50 bits per heavy atom. The molecule has 110 valence electrons. The van der Waals surface area contributed by atoms with Gasteiger partial charge in [-0.2, -0.15) is 0 Å². The van der Waals surface area contributed by atoms with Crippen molar-refractivity contribution in [1.29, 1.82) is 0 Å². The first-order valence-corrected chi connectivity index (χ1v) is 7.44. The van der Waals surface area contributed by atoms with Crippen LogP contribution in [0.15, 0.2) is 6.20 Å². The van der Waals surface area contributed by atoms with Gasteiger partial charge in [0, 0.05) is 25.7 Å². The first kappa shape index (κ1) is 13.6. The normalized spacial score (nSPS) is 25.4. The first-order chi connectivity index (χ1) is 9.76. The molecular weight excluding hydrogens is 256 g/mol. The molecule has 1 aromatic rings. The molecule has 0 bridgehead atoms. The Balaban J connectivity index is 1.51. The lowest BCUT2D eigenvalue weighted by Crippen LogP contribution is -2.35. The Morgan fingerprint density at radius 2 is 2.40 bits per heavy atom. The number of imidazole rings is 1. The van der Waals surface area contributed by atoms with Crippen molar-refractivity contribution in [2.45, 2.75) is 57.4 Å². The van der Waals surface area contributed by atoms with Crippen molar-refractivity contribution in [3.05, 3.63) is 17.7 Å². The highest BCUT2D eigenvalue weighted by Crippen LogP contribution is 2.19. The maximum absolute atomic E-state index is 12.0. The third-order valence-corrected chi connectivity index (χ3v) is 4.07. The third-order valence-electron chi connectivity index (χ3n) is 4.07. The molecule has 0 unspecified atom stereocenters. The number of nitrogens with two attached hydrogens (primary N) is 1. The minimum absolute atomic E-state index is 0.0330. The van der Waals surface area contributed by atoms with Gasteiger partial charge in [-0.1, -0.05) is 0 Å². The van der Waals surface area contributed by atoms with Gasteiger partial charge in [-0.05, 0) is 25.7 Å². The molecule has 20 heavy (non-hydrogen) atoms. The highest BCUT2D eigenvalue weighted by Gasteiger charge is 2.29. The highest BCUT2D eigenvalue weighted by molar-refractivity contribution is 5.80. The summed E-state index contributed by atoms with van der Waals surface area (Å²) in [6.45, 7) is 2.00. The molecule has 0 aliphatic carbocycles. The van der Waals surface area contributed by atoms with Gasteiger partial charge >= 0.3 is 0 Å². The summed E-state index contributed by atoms with van der Waals surface area (Å²) in [5, 5.41) is 2.91. The first-order valence-electron chi connectivity index (χ1n) is 7.44. The second-order valence-electron chi connectivity index (χ2n) is 5.58. The van der Waals surface area contributed by atoms with Gasteiger partial charge in [0.05, 0.1) is 18.3 Å². The fourth-order valence-corrected chi connectivity index (χ4v) is 2.92. The number of fused-ring (bicyclic) bond motifs is 1. The van der Waals surface area contributed by atoms with Crippen LogP contribution in [0, 0.1) is 0 Å². The Kier molecular flexibility index (Phi) is 4.03. The lowest BCUT2D eigenvalue weighted by atomic mass is 10.2. The molecule has 2 atom stereocenters. The second-order valence-corrected chi connectivity index (χ2v) is 5.58.